The van der Waals surface area contributed by atoms with E-state index in [-0.39, 0.29) is 78.8 Å². The molecule has 0 spiro atoms. The first-order chi connectivity index (χ1) is 0. The van der Waals surface area contributed by atoms with Crippen LogP contribution in [0.2, 0.25) is 0 Å². The Morgan fingerprint density at radius 2 is 0.500 bits per heavy atom. The molecule has 0 atom stereocenters. The number of halogens is 4. The van der Waals surface area contributed by atoms with Crippen LogP contribution in [0.15, 0.2) is 0 Å². The predicted molar refractivity (Wildman–Crippen MR) is 33.3 cm³/mol. The topological polar surface area (TPSA) is 0 Å². The van der Waals surface area contributed by atoms with Gasteiger partial charge < -0.3 is 0 Å². The number of rotatable bonds is 0. The van der Waals surface area contributed by atoms with Crippen LogP contribution in [0.4, 0.5) is 0 Å². The maximum atomic E-state index is 0. The van der Waals surface area contributed by atoms with E-state index < -0.39 is 0 Å². The number of hydrogen-bond acceptors (Lipinski definition) is 0. The van der Waals surface area contributed by atoms with Crippen molar-refractivity contribution < 1.29 is 21.7 Å². The molecular weight excluding hydrogens is 202 g/mol. The molecule has 0 N–H and O–H groups in total. The normalized spacial score (nSPS) is 0. The van der Waals surface area contributed by atoms with Crippen molar-refractivity contribution >= 4 is 49.6 Å². The van der Waals surface area contributed by atoms with E-state index in [2.05, 4.69) is 0 Å². The van der Waals surface area contributed by atoms with Crippen LogP contribution < -0.4 is 0 Å². The van der Waals surface area contributed by atoms with Crippen molar-refractivity contribution in [3.05, 3.63) is 7.43 Å². The zero-order valence-corrected chi connectivity index (χ0v) is 7.54. The Bertz CT molecular complexity index is 7.51. The van der Waals surface area contributed by atoms with Crippen LogP contribution >= 0.6 is 49.6 Å². The van der Waals surface area contributed by atoms with Crippen molar-refractivity contribution in [1.82, 2.24) is 0 Å². The molecular formula is CH5Cl4Ti. The van der Waals surface area contributed by atoms with E-state index in [9.17, 15) is 0 Å². The van der Waals surface area contributed by atoms with E-state index in [1.54, 1.807) is 0 Å². The van der Waals surface area contributed by atoms with Gasteiger partial charge >= 0.3 is 0 Å². The molecule has 3 radical (unpaired) electrons. The van der Waals surface area contributed by atoms with E-state index in [1.165, 1.54) is 0 Å². The summed E-state index contributed by atoms with van der Waals surface area (Å²) < 4.78 is 0. The van der Waals surface area contributed by atoms with E-state index in [1.807, 2.05) is 0 Å². The van der Waals surface area contributed by atoms with Gasteiger partial charge in [-0.25, -0.2) is 0 Å². The molecule has 0 aliphatic carbocycles. The third kappa shape index (κ3) is 39.7. The SMILES string of the molecule is Cl.Cl.Cl.Cl.[CH].[Ti]. The molecule has 0 heterocycles. The average molecular weight is 207 g/mol. The van der Waals surface area contributed by atoms with Crippen LogP contribution in [0.5, 0.6) is 0 Å². The second-order valence-electron chi connectivity index (χ2n) is 0. The standard InChI is InChI=1S/CH.4ClH.Ti/h5*1H;. The Hall–Kier alpha value is 1.87. The summed E-state index contributed by atoms with van der Waals surface area (Å²) in [5.41, 5.74) is 0. The molecule has 6 heavy (non-hydrogen) atoms. The van der Waals surface area contributed by atoms with Gasteiger partial charge in [0.2, 0.25) is 0 Å². The molecule has 41 valence electrons. The first-order valence-corrected chi connectivity index (χ1v) is 0. The summed E-state index contributed by atoms with van der Waals surface area (Å²) in [5.74, 6) is 0. The van der Waals surface area contributed by atoms with Gasteiger partial charge in [0.05, 0.1) is 0 Å². The second-order valence-corrected chi connectivity index (χ2v) is 0. The fraction of sp³-hybridized carbons (Fsp3) is 0. The third-order valence-corrected chi connectivity index (χ3v) is 0. The molecule has 0 aliphatic heterocycles. The summed E-state index contributed by atoms with van der Waals surface area (Å²) in [5, 5.41) is 0. The van der Waals surface area contributed by atoms with Crippen molar-refractivity contribution in [3.8, 4) is 0 Å². The van der Waals surface area contributed by atoms with Crippen molar-refractivity contribution in [3.63, 3.8) is 0 Å². The van der Waals surface area contributed by atoms with Gasteiger partial charge in [-0.05, 0) is 7.43 Å². The zero-order valence-electron chi connectivity index (χ0n) is 2.71. The van der Waals surface area contributed by atoms with Crippen LogP contribution in [0.1, 0.15) is 0 Å². The van der Waals surface area contributed by atoms with Gasteiger partial charge in [0.15, 0.2) is 0 Å². The quantitative estimate of drug-likeness (QED) is 0.531. The van der Waals surface area contributed by atoms with E-state index >= 15 is 0 Å². The molecule has 0 unspecified atom stereocenters. The van der Waals surface area contributed by atoms with Crippen LogP contribution in [-0.4, -0.2) is 0 Å². The fourth-order valence-corrected chi connectivity index (χ4v) is 0. The summed E-state index contributed by atoms with van der Waals surface area (Å²) in [6.07, 6.45) is 0. The molecule has 0 aromatic carbocycles. The molecule has 0 saturated heterocycles. The van der Waals surface area contributed by atoms with Gasteiger partial charge in [0.25, 0.3) is 0 Å². The summed E-state index contributed by atoms with van der Waals surface area (Å²) in [6.45, 7) is 0. The fourth-order valence-electron chi connectivity index (χ4n) is 0. The van der Waals surface area contributed by atoms with E-state index in [0.29, 0.717) is 0 Å². The van der Waals surface area contributed by atoms with Gasteiger partial charge in [-0.15, -0.1) is 49.6 Å². The zero-order chi connectivity index (χ0) is 0. The largest absolute Gasteiger partial charge is 0.147 e. The van der Waals surface area contributed by atoms with E-state index in [4.69, 9.17) is 0 Å². The average Bonchev–Trinajstić information content (AvgIpc) is 0. The summed E-state index contributed by atoms with van der Waals surface area (Å²) in [7, 11) is 0. The maximum absolute atomic E-state index is 0. The Morgan fingerprint density at radius 3 is 0.500 bits per heavy atom. The maximum Gasteiger partial charge on any atom is 0 e. The molecule has 0 aliphatic rings. The molecule has 0 nitrogen and oxygen atoms in total. The van der Waals surface area contributed by atoms with Gasteiger partial charge in [-0.2, -0.15) is 0 Å². The smallest absolute Gasteiger partial charge is 0 e. The molecule has 0 saturated carbocycles. The molecule has 0 aromatic rings. The van der Waals surface area contributed by atoms with E-state index in [0.717, 1.165) is 0 Å². The molecule has 0 aromatic heterocycles. The monoisotopic (exact) mass is 205 g/mol. The Labute approximate surface area is 78.4 Å². The Kier molecular flexibility index (Phi) is 1190. The summed E-state index contributed by atoms with van der Waals surface area (Å²) in [4.78, 5) is 0. The molecule has 0 fully saturated rings. The molecule has 0 bridgehead atoms. The van der Waals surface area contributed by atoms with Gasteiger partial charge in [0.1, 0.15) is 0 Å². The van der Waals surface area contributed by atoms with Gasteiger partial charge in [-0.3, -0.25) is 0 Å². The predicted octanol–water partition coefficient (Wildman–Crippen LogP) is 1.89. The van der Waals surface area contributed by atoms with Gasteiger partial charge in [-0.1, -0.05) is 0 Å². The van der Waals surface area contributed by atoms with Crippen molar-refractivity contribution in [2.24, 2.45) is 0 Å². The minimum Gasteiger partial charge on any atom is -0.147 e. The van der Waals surface area contributed by atoms with Crippen molar-refractivity contribution in [2.75, 3.05) is 0 Å². The number of hydrogen-bond donors (Lipinski definition) is 0. The first-order valence-electron chi connectivity index (χ1n) is 0. The van der Waals surface area contributed by atoms with Crippen LogP contribution in [0.25, 0.3) is 0 Å². The third-order valence-electron chi connectivity index (χ3n) is 0. The van der Waals surface area contributed by atoms with Crippen molar-refractivity contribution in [1.29, 1.82) is 0 Å². The Morgan fingerprint density at radius 1 is 0.500 bits per heavy atom. The minimum absolute atomic E-state index is 0. The molecule has 0 rings (SSSR count). The first kappa shape index (κ1) is 106. The van der Waals surface area contributed by atoms with Crippen LogP contribution in [-0.2, 0) is 21.7 Å². The summed E-state index contributed by atoms with van der Waals surface area (Å²) in [6, 6.07) is 0. The molecule has 0 amide bonds. The molecule has 5 heteroatoms. The van der Waals surface area contributed by atoms with Crippen molar-refractivity contribution in [2.45, 2.75) is 0 Å². The minimum atomic E-state index is 0. The van der Waals surface area contributed by atoms with Gasteiger partial charge in [0, 0.05) is 21.7 Å². The van der Waals surface area contributed by atoms with Crippen LogP contribution in [0.3, 0.4) is 0 Å². The Balaban J connectivity index is 0. The van der Waals surface area contributed by atoms with Crippen LogP contribution in [0, 0.1) is 7.43 Å². The summed E-state index contributed by atoms with van der Waals surface area (Å²) >= 11 is 0. The second kappa shape index (κ2) is 67.5.